The van der Waals surface area contributed by atoms with Crippen LogP contribution in [0.3, 0.4) is 0 Å². The zero-order chi connectivity index (χ0) is 26.8. The van der Waals surface area contributed by atoms with E-state index in [4.69, 9.17) is 18.9 Å². The summed E-state index contributed by atoms with van der Waals surface area (Å²) in [5.41, 5.74) is 1.06. The van der Waals surface area contributed by atoms with Gasteiger partial charge in [0.05, 0.1) is 33.0 Å². The molecule has 0 unspecified atom stereocenters. The van der Waals surface area contributed by atoms with Gasteiger partial charge in [0, 0.05) is 13.0 Å². The maximum absolute atomic E-state index is 12.5. The van der Waals surface area contributed by atoms with Crippen LogP contribution in [-0.2, 0) is 19.1 Å². The Morgan fingerprint density at radius 3 is 2.11 bits per heavy atom. The Kier molecular flexibility index (Phi) is 14.8. The summed E-state index contributed by atoms with van der Waals surface area (Å²) >= 11 is 0. The number of hydrogen-bond donors (Lipinski definition) is 0. The highest BCUT2D eigenvalue weighted by Crippen LogP contribution is 2.29. The quantitative estimate of drug-likeness (QED) is 0.151. The summed E-state index contributed by atoms with van der Waals surface area (Å²) in [6.45, 7) is 6.42. The average molecular weight is 501 g/mol. The van der Waals surface area contributed by atoms with Crippen molar-refractivity contribution in [3.05, 3.63) is 59.7 Å². The molecule has 0 bridgehead atoms. The molecule has 36 heavy (non-hydrogen) atoms. The van der Waals surface area contributed by atoms with Crippen LogP contribution in [-0.4, -0.2) is 45.3 Å². The van der Waals surface area contributed by atoms with Crippen LogP contribution in [0.1, 0.15) is 62.4 Å². The zero-order valence-electron chi connectivity index (χ0n) is 21.7. The van der Waals surface area contributed by atoms with Gasteiger partial charge in [0.15, 0.2) is 11.5 Å². The molecule has 0 amide bonds. The van der Waals surface area contributed by atoms with Gasteiger partial charge >= 0.3 is 17.9 Å². The fraction of sp³-hybridized carbons (Fsp3) is 0.393. The smallest absolute Gasteiger partial charge is 0.343 e. The summed E-state index contributed by atoms with van der Waals surface area (Å²) in [5, 5.41) is 0. The lowest BCUT2D eigenvalue weighted by Crippen LogP contribution is -2.09. The second kappa shape index (κ2) is 17.6. The fourth-order valence-corrected chi connectivity index (χ4v) is 2.91. The van der Waals surface area contributed by atoms with Crippen LogP contribution in [0.25, 0.3) is 6.08 Å². The summed E-state index contributed by atoms with van der Waals surface area (Å²) in [7, 11) is 2.76. The molecule has 0 aliphatic carbocycles. The van der Waals surface area contributed by atoms with Gasteiger partial charge in [-0.15, -0.1) is 0 Å². The summed E-state index contributed by atoms with van der Waals surface area (Å²) in [5.74, 6) is 0.0203. The van der Waals surface area contributed by atoms with Gasteiger partial charge < -0.3 is 23.7 Å². The molecule has 0 spiro atoms. The Morgan fingerprint density at radius 2 is 1.50 bits per heavy atom. The van der Waals surface area contributed by atoms with E-state index in [9.17, 15) is 14.4 Å². The first-order valence-electron chi connectivity index (χ1n) is 12.0. The van der Waals surface area contributed by atoms with Gasteiger partial charge in [0.25, 0.3) is 0 Å². The molecule has 2 aromatic rings. The van der Waals surface area contributed by atoms with Gasteiger partial charge in [0.2, 0.25) is 0 Å². The largest absolute Gasteiger partial charge is 0.494 e. The van der Waals surface area contributed by atoms with Crippen LogP contribution in [0.15, 0.2) is 48.5 Å². The molecule has 2 rings (SSSR count). The van der Waals surface area contributed by atoms with E-state index < -0.39 is 11.9 Å². The number of carbonyl (C=O) groups is 3. The lowest BCUT2D eigenvalue weighted by Gasteiger charge is -2.11. The molecule has 0 saturated carbocycles. The number of benzene rings is 2. The first kappa shape index (κ1) is 30.2. The van der Waals surface area contributed by atoms with Crippen LogP contribution >= 0.6 is 0 Å². The van der Waals surface area contributed by atoms with E-state index in [1.807, 2.05) is 13.8 Å². The van der Waals surface area contributed by atoms with Gasteiger partial charge in [-0.2, -0.15) is 0 Å². The highest BCUT2D eigenvalue weighted by Gasteiger charge is 2.13. The topological polar surface area (TPSA) is 97.4 Å². The standard InChI is InChI=1S/C26H30O8.C2H6/c1-19(27)32-16-6-4-5-7-17-33-22-12-10-21(11-13-22)26(29)34-23-14-8-20(18-24(23)30-2)9-15-25(28)31-3;1-2/h8-15,18H,4-7,16-17H2,1-3H3;1-2H3/b15-9+;. The predicted molar refractivity (Wildman–Crippen MR) is 137 cm³/mol. The summed E-state index contributed by atoms with van der Waals surface area (Å²) < 4.78 is 25.9. The van der Waals surface area contributed by atoms with Gasteiger partial charge in [-0.3, -0.25) is 4.79 Å². The molecule has 196 valence electrons. The van der Waals surface area contributed by atoms with Gasteiger partial charge in [-0.25, -0.2) is 9.59 Å². The van der Waals surface area contributed by atoms with Crippen molar-refractivity contribution in [1.29, 1.82) is 0 Å². The summed E-state index contributed by atoms with van der Waals surface area (Å²) in [6.07, 6.45) is 6.53. The second-order valence-corrected chi connectivity index (χ2v) is 7.28. The van der Waals surface area contributed by atoms with E-state index in [0.717, 1.165) is 25.7 Å². The Morgan fingerprint density at radius 1 is 0.833 bits per heavy atom. The van der Waals surface area contributed by atoms with Crippen molar-refractivity contribution in [1.82, 2.24) is 0 Å². The molecule has 8 heteroatoms. The van der Waals surface area contributed by atoms with Crippen molar-refractivity contribution in [3.63, 3.8) is 0 Å². The average Bonchev–Trinajstić information content (AvgIpc) is 2.90. The second-order valence-electron chi connectivity index (χ2n) is 7.28. The maximum Gasteiger partial charge on any atom is 0.343 e. The van der Waals surface area contributed by atoms with Crippen LogP contribution in [0.2, 0.25) is 0 Å². The molecule has 0 aliphatic heterocycles. The minimum Gasteiger partial charge on any atom is -0.494 e. The van der Waals surface area contributed by atoms with E-state index in [1.54, 1.807) is 48.5 Å². The number of carbonyl (C=O) groups excluding carboxylic acids is 3. The van der Waals surface area contributed by atoms with Crippen LogP contribution < -0.4 is 14.2 Å². The van der Waals surface area contributed by atoms with Gasteiger partial charge in [-0.05, 0) is 73.7 Å². The van der Waals surface area contributed by atoms with Crippen molar-refractivity contribution in [2.45, 2.75) is 46.5 Å². The van der Waals surface area contributed by atoms with Crippen LogP contribution in [0.5, 0.6) is 17.2 Å². The van der Waals surface area contributed by atoms with E-state index in [0.29, 0.717) is 35.8 Å². The number of esters is 3. The third-order valence-corrected chi connectivity index (χ3v) is 4.71. The number of ether oxygens (including phenoxy) is 5. The van der Waals surface area contributed by atoms with Crippen molar-refractivity contribution in [2.75, 3.05) is 27.4 Å². The Bertz CT molecular complexity index is 980. The number of unbranched alkanes of at least 4 members (excludes halogenated alkanes) is 3. The minimum atomic E-state index is -0.532. The van der Waals surface area contributed by atoms with Crippen molar-refractivity contribution in [2.24, 2.45) is 0 Å². The molecule has 0 aliphatic rings. The molecule has 0 heterocycles. The van der Waals surface area contributed by atoms with Crippen molar-refractivity contribution >= 4 is 24.0 Å². The van der Waals surface area contributed by atoms with Crippen molar-refractivity contribution < 1.29 is 38.1 Å². The van der Waals surface area contributed by atoms with E-state index >= 15 is 0 Å². The minimum absolute atomic E-state index is 0.252. The SMILES string of the molecule is CC.COC(=O)/C=C/c1ccc(OC(=O)c2ccc(OCCCCCCOC(C)=O)cc2)c(OC)c1. The van der Waals surface area contributed by atoms with E-state index in [-0.39, 0.29) is 11.7 Å². The Labute approximate surface area is 213 Å². The maximum atomic E-state index is 12.5. The predicted octanol–water partition coefficient (Wildman–Crippen LogP) is 5.63. The van der Waals surface area contributed by atoms with E-state index in [2.05, 4.69) is 4.74 Å². The van der Waals surface area contributed by atoms with Gasteiger partial charge in [0.1, 0.15) is 5.75 Å². The third kappa shape index (κ3) is 11.6. The summed E-state index contributed by atoms with van der Waals surface area (Å²) in [4.78, 5) is 34.5. The molecule has 0 atom stereocenters. The molecule has 0 saturated heterocycles. The monoisotopic (exact) mass is 500 g/mol. The number of rotatable bonds is 13. The van der Waals surface area contributed by atoms with Crippen LogP contribution in [0, 0.1) is 0 Å². The van der Waals surface area contributed by atoms with Crippen LogP contribution in [0.4, 0.5) is 0 Å². The molecule has 0 fully saturated rings. The summed E-state index contributed by atoms with van der Waals surface area (Å²) in [6, 6.07) is 11.6. The van der Waals surface area contributed by atoms with E-state index in [1.165, 1.54) is 27.2 Å². The lowest BCUT2D eigenvalue weighted by atomic mass is 10.2. The number of hydrogen-bond acceptors (Lipinski definition) is 8. The normalized spacial score (nSPS) is 10.1. The molecule has 0 aromatic heterocycles. The highest BCUT2D eigenvalue weighted by molar-refractivity contribution is 5.91. The number of methoxy groups -OCH3 is 2. The Balaban J connectivity index is 0.00000316. The first-order chi connectivity index (χ1) is 17.4. The van der Waals surface area contributed by atoms with Crippen molar-refractivity contribution in [3.8, 4) is 17.2 Å². The third-order valence-electron chi connectivity index (χ3n) is 4.71. The molecular weight excluding hydrogens is 464 g/mol. The molecule has 0 N–H and O–H groups in total. The first-order valence-corrected chi connectivity index (χ1v) is 12.0. The molecule has 8 nitrogen and oxygen atoms in total. The molecular formula is C28H36O8. The highest BCUT2D eigenvalue weighted by atomic mass is 16.6. The molecule has 2 aromatic carbocycles. The Hall–Kier alpha value is -3.81. The molecule has 0 radical (unpaired) electrons. The lowest BCUT2D eigenvalue weighted by molar-refractivity contribution is -0.141. The zero-order valence-corrected chi connectivity index (χ0v) is 21.7. The fourth-order valence-electron chi connectivity index (χ4n) is 2.91. The van der Waals surface area contributed by atoms with Gasteiger partial charge in [-0.1, -0.05) is 19.9 Å².